The Morgan fingerprint density at radius 2 is 1.61 bits per heavy atom. The van der Waals surface area contributed by atoms with E-state index in [1.165, 1.54) is 4.90 Å². The molecule has 2 aromatic carbocycles. The van der Waals surface area contributed by atoms with Crippen LogP contribution in [0.4, 0.5) is 23.2 Å². The lowest BCUT2D eigenvalue weighted by molar-refractivity contribution is -0.138. The number of halogens is 5. The molecule has 0 spiro atoms. The van der Waals surface area contributed by atoms with Gasteiger partial charge in [-0.25, -0.2) is 4.39 Å². The quantitative estimate of drug-likeness (QED) is 0.377. The van der Waals surface area contributed by atoms with Crippen molar-refractivity contribution in [3.8, 4) is 0 Å². The SMILES string of the molecule is CC(=O)N1CCC(C(=O)N(CCCN2CC3CN(C(=O)c4cc(F)ccc4C(F)(F)F)CC3C2)c2ccc(C)c(Cl)c2)CC1. The Labute approximate surface area is 259 Å². The molecule has 0 aliphatic carbocycles. The van der Waals surface area contributed by atoms with Gasteiger partial charge in [0.05, 0.1) is 11.1 Å². The zero-order chi connectivity index (χ0) is 31.8. The van der Waals surface area contributed by atoms with Gasteiger partial charge in [0.15, 0.2) is 0 Å². The molecule has 3 aliphatic rings. The molecule has 2 aromatic rings. The van der Waals surface area contributed by atoms with Crippen molar-refractivity contribution in [3.63, 3.8) is 0 Å². The fourth-order valence-corrected chi connectivity index (χ4v) is 6.95. The summed E-state index contributed by atoms with van der Waals surface area (Å²) < 4.78 is 54.3. The van der Waals surface area contributed by atoms with Gasteiger partial charge in [-0.15, -0.1) is 0 Å². The van der Waals surface area contributed by atoms with Crippen molar-refractivity contribution in [1.29, 1.82) is 0 Å². The van der Waals surface area contributed by atoms with Gasteiger partial charge in [0.2, 0.25) is 11.8 Å². The van der Waals surface area contributed by atoms with Crippen molar-refractivity contribution in [1.82, 2.24) is 14.7 Å². The van der Waals surface area contributed by atoms with Crippen molar-refractivity contribution in [2.45, 2.75) is 39.3 Å². The minimum atomic E-state index is -4.75. The van der Waals surface area contributed by atoms with Gasteiger partial charge in [-0.3, -0.25) is 14.4 Å². The van der Waals surface area contributed by atoms with Crippen LogP contribution in [-0.2, 0) is 15.8 Å². The molecule has 0 aromatic heterocycles. The fraction of sp³-hybridized carbons (Fsp3) is 0.531. The molecule has 0 saturated carbocycles. The Kier molecular flexibility index (Phi) is 9.55. The van der Waals surface area contributed by atoms with Crippen LogP contribution in [0.25, 0.3) is 0 Å². The van der Waals surface area contributed by atoms with Gasteiger partial charge >= 0.3 is 6.18 Å². The molecule has 3 amide bonds. The van der Waals surface area contributed by atoms with Crippen LogP contribution in [-0.4, -0.2) is 84.8 Å². The molecular formula is C32H37ClF4N4O3. The van der Waals surface area contributed by atoms with Gasteiger partial charge < -0.3 is 19.6 Å². The maximum atomic E-state index is 13.8. The maximum absolute atomic E-state index is 13.8. The Morgan fingerprint density at radius 3 is 2.20 bits per heavy atom. The minimum absolute atomic E-state index is 0.0148. The van der Waals surface area contributed by atoms with Crippen molar-refractivity contribution in [2.24, 2.45) is 17.8 Å². The third kappa shape index (κ3) is 7.04. The summed E-state index contributed by atoms with van der Waals surface area (Å²) in [6.45, 7) is 7.78. The average Bonchev–Trinajstić information content (AvgIpc) is 3.55. The standard InChI is InChI=1S/C32H37ClF4N4O3/c1-20-4-6-26(15-29(20)33)41(30(43)22-8-12-39(13-9-22)21(2)42)11-3-10-38-16-23-18-40(19-24(23)17-38)31(44)27-14-25(34)5-7-28(27)32(35,36)37/h4-7,14-15,22-24H,3,8-13,16-19H2,1-2H3. The lowest BCUT2D eigenvalue weighted by Crippen LogP contribution is -2.44. The second-order valence-corrected chi connectivity index (χ2v) is 12.6. The van der Waals surface area contributed by atoms with Crippen molar-refractivity contribution < 1.29 is 31.9 Å². The number of nitrogens with zero attached hydrogens (tertiary/aromatic N) is 4. The van der Waals surface area contributed by atoms with Gasteiger partial charge in [-0.2, -0.15) is 13.2 Å². The number of hydrogen-bond donors (Lipinski definition) is 0. The largest absolute Gasteiger partial charge is 0.417 e. The molecule has 7 nitrogen and oxygen atoms in total. The maximum Gasteiger partial charge on any atom is 0.417 e. The fourth-order valence-electron chi connectivity index (χ4n) is 6.78. The van der Waals surface area contributed by atoms with Crippen LogP contribution in [0.5, 0.6) is 0 Å². The lowest BCUT2D eigenvalue weighted by Gasteiger charge is -2.34. The van der Waals surface area contributed by atoms with Crippen LogP contribution in [0.3, 0.4) is 0 Å². The predicted molar refractivity (Wildman–Crippen MR) is 159 cm³/mol. The second-order valence-electron chi connectivity index (χ2n) is 12.2. The number of anilines is 1. The van der Waals surface area contributed by atoms with Crippen LogP contribution >= 0.6 is 11.6 Å². The van der Waals surface area contributed by atoms with E-state index < -0.39 is 29.0 Å². The van der Waals surface area contributed by atoms with E-state index in [1.54, 1.807) is 16.7 Å². The van der Waals surface area contributed by atoms with Gasteiger partial charge in [0.1, 0.15) is 5.82 Å². The predicted octanol–water partition coefficient (Wildman–Crippen LogP) is 5.49. The number of rotatable bonds is 7. The molecule has 12 heteroatoms. The number of fused-ring (bicyclic) bond motifs is 1. The first kappa shape index (κ1) is 32.2. The number of benzene rings is 2. The van der Waals surface area contributed by atoms with Crippen molar-refractivity contribution in [3.05, 3.63) is 63.9 Å². The first-order valence-corrected chi connectivity index (χ1v) is 15.4. The van der Waals surface area contributed by atoms with Crippen LogP contribution < -0.4 is 4.90 Å². The zero-order valence-electron chi connectivity index (χ0n) is 24.9. The zero-order valence-corrected chi connectivity index (χ0v) is 25.6. The molecule has 2 atom stereocenters. The molecular weight excluding hydrogens is 600 g/mol. The van der Waals surface area contributed by atoms with E-state index in [1.807, 2.05) is 25.1 Å². The number of likely N-dealkylation sites (tertiary alicyclic amines) is 3. The van der Waals surface area contributed by atoms with Crippen LogP contribution in [0.15, 0.2) is 36.4 Å². The summed E-state index contributed by atoms with van der Waals surface area (Å²) in [5, 5.41) is 0.582. The lowest BCUT2D eigenvalue weighted by atomic mass is 9.94. The van der Waals surface area contributed by atoms with Crippen molar-refractivity contribution >= 4 is 35.0 Å². The van der Waals surface area contributed by atoms with E-state index in [-0.39, 0.29) is 29.6 Å². The summed E-state index contributed by atoms with van der Waals surface area (Å²) >= 11 is 6.41. The molecule has 3 saturated heterocycles. The van der Waals surface area contributed by atoms with Gasteiger partial charge in [0.25, 0.3) is 5.91 Å². The van der Waals surface area contributed by atoms with Gasteiger partial charge in [0, 0.05) is 69.4 Å². The van der Waals surface area contributed by atoms with E-state index in [0.29, 0.717) is 82.2 Å². The summed E-state index contributed by atoms with van der Waals surface area (Å²) in [6.07, 6.45) is -2.83. The number of amides is 3. The third-order valence-corrected chi connectivity index (χ3v) is 9.65. The van der Waals surface area contributed by atoms with Crippen LogP contribution in [0.1, 0.15) is 47.7 Å². The Bertz CT molecular complexity index is 1400. The Hall–Kier alpha value is -3.18. The smallest absolute Gasteiger partial charge is 0.343 e. The first-order valence-electron chi connectivity index (χ1n) is 15.0. The Morgan fingerprint density at radius 1 is 0.955 bits per heavy atom. The number of alkyl halides is 3. The molecule has 3 aliphatic heterocycles. The van der Waals surface area contributed by atoms with E-state index in [9.17, 15) is 31.9 Å². The highest BCUT2D eigenvalue weighted by atomic mass is 35.5. The first-order chi connectivity index (χ1) is 20.8. The molecule has 5 rings (SSSR count). The molecule has 238 valence electrons. The molecule has 0 radical (unpaired) electrons. The molecule has 0 bridgehead atoms. The van der Waals surface area contributed by atoms with Crippen LogP contribution in [0.2, 0.25) is 5.02 Å². The number of carbonyl (C=O) groups is 3. The second kappa shape index (κ2) is 13.0. The highest BCUT2D eigenvalue weighted by Crippen LogP contribution is 2.36. The number of carbonyl (C=O) groups excluding carboxylic acids is 3. The Balaban J connectivity index is 1.18. The number of aryl methyl sites for hydroxylation is 1. The molecule has 3 heterocycles. The summed E-state index contributed by atoms with van der Waals surface area (Å²) in [5.41, 5.74) is -0.119. The van der Waals surface area contributed by atoms with E-state index >= 15 is 0 Å². The van der Waals surface area contributed by atoms with Crippen molar-refractivity contribution in [2.75, 3.05) is 57.3 Å². The molecule has 2 unspecified atom stereocenters. The normalized spacial score (nSPS) is 21.1. The van der Waals surface area contributed by atoms with Gasteiger partial charge in [-0.05, 0) is 80.5 Å². The third-order valence-electron chi connectivity index (χ3n) is 9.25. The number of hydrogen-bond acceptors (Lipinski definition) is 4. The number of piperidine rings is 1. The van der Waals surface area contributed by atoms with E-state index in [0.717, 1.165) is 23.9 Å². The monoisotopic (exact) mass is 636 g/mol. The topological polar surface area (TPSA) is 64.2 Å². The van der Waals surface area contributed by atoms with E-state index in [2.05, 4.69) is 4.90 Å². The highest BCUT2D eigenvalue weighted by Gasteiger charge is 2.43. The summed E-state index contributed by atoms with van der Waals surface area (Å²) in [7, 11) is 0. The average molecular weight is 637 g/mol. The molecule has 44 heavy (non-hydrogen) atoms. The van der Waals surface area contributed by atoms with E-state index in [4.69, 9.17) is 11.6 Å². The summed E-state index contributed by atoms with van der Waals surface area (Å²) in [6, 6.07) is 7.62. The minimum Gasteiger partial charge on any atom is -0.343 e. The van der Waals surface area contributed by atoms with Gasteiger partial charge in [-0.1, -0.05) is 17.7 Å². The summed E-state index contributed by atoms with van der Waals surface area (Å²) in [5.74, 6) is -1.59. The van der Waals surface area contributed by atoms with Crippen LogP contribution in [0, 0.1) is 30.5 Å². The highest BCUT2D eigenvalue weighted by molar-refractivity contribution is 6.31. The molecule has 0 N–H and O–H groups in total. The summed E-state index contributed by atoms with van der Waals surface area (Å²) in [4.78, 5) is 45.8. The molecule has 3 fully saturated rings.